The second kappa shape index (κ2) is 33.7. The van der Waals surface area contributed by atoms with Crippen molar-refractivity contribution in [3.05, 3.63) is 24.3 Å². The molecule has 272 valence electrons. The van der Waals surface area contributed by atoms with Gasteiger partial charge in [0.25, 0.3) is 10.1 Å². The minimum Gasteiger partial charge on any atom is -0.387 e. The summed E-state index contributed by atoms with van der Waals surface area (Å²) < 4.78 is 32.4. The number of hydrogen-bond donors (Lipinski definition) is 3. The lowest BCUT2D eigenvalue weighted by Crippen LogP contribution is -2.46. The minimum absolute atomic E-state index is 0.288. The van der Waals surface area contributed by atoms with E-state index in [2.05, 4.69) is 31.3 Å². The fourth-order valence-corrected chi connectivity index (χ4v) is 6.67. The number of nitrogens with one attached hydrogen (secondary N) is 1. The molecular weight excluding hydrogens is 594 g/mol. The quantitative estimate of drug-likeness (QED) is 0.0354. The van der Waals surface area contributed by atoms with Crippen molar-refractivity contribution in [2.75, 3.05) is 5.75 Å². The van der Waals surface area contributed by atoms with Crippen LogP contribution in [0.2, 0.25) is 0 Å². The monoisotopic (exact) mass is 670 g/mol. The standard InChI is InChI=1S/C39H75NO5S/c1-3-5-7-9-11-13-15-16-17-18-19-20-21-22-23-25-26-28-30-32-34-38(41)37(36-46(43,44)45)40-39(42)35-33-31-29-27-24-14-12-10-8-6-4-2/h25-26,32,34,37-38,41H,3-24,27-31,33,35-36H2,1-2H3,(H,40,42)(H,43,44,45)/b26-25+,34-32+. The van der Waals surface area contributed by atoms with Crippen molar-refractivity contribution in [2.24, 2.45) is 0 Å². The number of amides is 1. The molecule has 7 heteroatoms. The van der Waals surface area contributed by atoms with E-state index < -0.39 is 28.0 Å². The Morgan fingerprint density at radius 2 is 0.935 bits per heavy atom. The highest BCUT2D eigenvalue weighted by Gasteiger charge is 2.24. The van der Waals surface area contributed by atoms with E-state index in [-0.39, 0.29) is 5.91 Å². The van der Waals surface area contributed by atoms with Gasteiger partial charge in [0.1, 0.15) is 0 Å². The molecule has 0 aliphatic heterocycles. The van der Waals surface area contributed by atoms with Gasteiger partial charge >= 0.3 is 0 Å². The predicted octanol–water partition coefficient (Wildman–Crippen LogP) is 11.2. The molecule has 2 atom stereocenters. The van der Waals surface area contributed by atoms with Crippen LogP contribution in [0.1, 0.15) is 200 Å². The highest BCUT2D eigenvalue weighted by atomic mass is 32.2. The summed E-state index contributed by atoms with van der Waals surface area (Å²) in [6, 6.07) is -1.07. The van der Waals surface area contributed by atoms with Gasteiger partial charge in [-0.25, -0.2) is 0 Å². The van der Waals surface area contributed by atoms with Crippen LogP contribution in [0, 0.1) is 0 Å². The van der Waals surface area contributed by atoms with E-state index in [9.17, 15) is 22.9 Å². The number of carbonyl (C=O) groups excluding carboxylic acids is 1. The van der Waals surface area contributed by atoms with Crippen molar-refractivity contribution in [1.82, 2.24) is 5.32 Å². The molecule has 0 aliphatic rings. The summed E-state index contributed by atoms with van der Waals surface area (Å²) in [5.74, 6) is -0.995. The zero-order chi connectivity index (χ0) is 34.0. The molecule has 0 bridgehead atoms. The molecule has 0 fully saturated rings. The average Bonchev–Trinajstić information content (AvgIpc) is 3.01. The van der Waals surface area contributed by atoms with Crippen LogP contribution in [0.25, 0.3) is 0 Å². The second-order valence-corrected chi connectivity index (χ2v) is 15.1. The first-order valence-corrected chi connectivity index (χ1v) is 21.1. The molecule has 0 aromatic rings. The second-order valence-electron chi connectivity index (χ2n) is 13.6. The predicted molar refractivity (Wildman–Crippen MR) is 198 cm³/mol. The zero-order valence-corrected chi connectivity index (χ0v) is 31.0. The molecule has 0 aromatic carbocycles. The molecule has 0 aliphatic carbocycles. The molecule has 0 radical (unpaired) electrons. The maximum Gasteiger partial charge on any atom is 0.267 e. The van der Waals surface area contributed by atoms with Crippen LogP contribution in [0.3, 0.4) is 0 Å². The number of aliphatic hydroxyl groups is 1. The first-order valence-electron chi connectivity index (χ1n) is 19.5. The van der Waals surface area contributed by atoms with Crippen LogP contribution in [0.5, 0.6) is 0 Å². The first kappa shape index (κ1) is 44.8. The summed E-state index contributed by atoms with van der Waals surface area (Å²) in [6.07, 6.45) is 41.7. The van der Waals surface area contributed by atoms with E-state index >= 15 is 0 Å². The normalized spacial score (nSPS) is 13.6. The summed E-state index contributed by atoms with van der Waals surface area (Å²) >= 11 is 0. The lowest BCUT2D eigenvalue weighted by atomic mass is 10.0. The summed E-state index contributed by atoms with van der Waals surface area (Å²) in [5, 5.41) is 13.2. The fourth-order valence-electron chi connectivity index (χ4n) is 5.94. The van der Waals surface area contributed by atoms with Crippen molar-refractivity contribution in [1.29, 1.82) is 0 Å². The Bertz CT molecular complexity index is 826. The third-order valence-electron chi connectivity index (χ3n) is 8.88. The van der Waals surface area contributed by atoms with Gasteiger partial charge in [0.15, 0.2) is 0 Å². The molecule has 0 rings (SSSR count). The van der Waals surface area contributed by atoms with Crippen LogP contribution < -0.4 is 5.32 Å². The van der Waals surface area contributed by atoms with E-state index in [0.29, 0.717) is 6.42 Å². The fraction of sp³-hybridized carbons (Fsp3) is 0.872. The van der Waals surface area contributed by atoms with E-state index in [4.69, 9.17) is 0 Å². The van der Waals surface area contributed by atoms with Gasteiger partial charge in [-0.05, 0) is 32.1 Å². The third-order valence-corrected chi connectivity index (χ3v) is 9.66. The molecule has 2 unspecified atom stereocenters. The van der Waals surface area contributed by atoms with Gasteiger partial charge in [0, 0.05) is 6.42 Å². The molecule has 0 aromatic heterocycles. The SMILES string of the molecule is CCCCCCCCCCCCCCCC/C=C/CC/C=C/C(O)C(CS(=O)(=O)O)NC(=O)CCCCCCCCCCCCC. The van der Waals surface area contributed by atoms with Gasteiger partial charge in [0.05, 0.1) is 17.9 Å². The Morgan fingerprint density at radius 3 is 1.37 bits per heavy atom. The number of rotatable bonds is 35. The molecule has 1 amide bonds. The Labute approximate surface area is 285 Å². The number of carbonyl (C=O) groups is 1. The molecule has 0 spiro atoms. The Balaban J connectivity index is 3.95. The van der Waals surface area contributed by atoms with Crippen LogP contribution in [-0.2, 0) is 14.9 Å². The molecule has 6 nitrogen and oxygen atoms in total. The van der Waals surface area contributed by atoms with E-state index in [1.807, 2.05) is 6.08 Å². The lowest BCUT2D eigenvalue weighted by molar-refractivity contribution is -0.122. The molecule has 3 N–H and O–H groups in total. The van der Waals surface area contributed by atoms with Gasteiger partial charge in [-0.3, -0.25) is 9.35 Å². The van der Waals surface area contributed by atoms with Crippen LogP contribution in [-0.4, -0.2) is 41.9 Å². The van der Waals surface area contributed by atoms with Gasteiger partial charge in [0.2, 0.25) is 5.91 Å². The van der Waals surface area contributed by atoms with Gasteiger partial charge in [-0.15, -0.1) is 0 Å². The molecule has 0 heterocycles. The van der Waals surface area contributed by atoms with Crippen molar-refractivity contribution >= 4 is 16.0 Å². The summed E-state index contributed by atoms with van der Waals surface area (Å²) in [5.41, 5.74) is 0. The number of aliphatic hydroxyl groups excluding tert-OH is 1. The van der Waals surface area contributed by atoms with E-state index in [1.54, 1.807) is 0 Å². The van der Waals surface area contributed by atoms with Crippen molar-refractivity contribution in [3.63, 3.8) is 0 Å². The van der Waals surface area contributed by atoms with Crippen molar-refractivity contribution in [2.45, 2.75) is 212 Å². The summed E-state index contributed by atoms with van der Waals surface area (Å²) in [6.45, 7) is 4.50. The Kier molecular flexibility index (Phi) is 32.8. The highest BCUT2D eigenvalue weighted by molar-refractivity contribution is 7.85. The van der Waals surface area contributed by atoms with Gasteiger partial charge in [-0.1, -0.05) is 186 Å². The first-order chi connectivity index (χ1) is 22.3. The van der Waals surface area contributed by atoms with E-state index in [1.165, 1.54) is 147 Å². The van der Waals surface area contributed by atoms with E-state index in [0.717, 1.165) is 38.5 Å². The summed E-state index contributed by atoms with van der Waals surface area (Å²) in [4.78, 5) is 12.4. The topological polar surface area (TPSA) is 104 Å². The lowest BCUT2D eigenvalue weighted by Gasteiger charge is -2.21. The van der Waals surface area contributed by atoms with Crippen molar-refractivity contribution in [3.8, 4) is 0 Å². The Morgan fingerprint density at radius 1 is 0.565 bits per heavy atom. The summed E-state index contributed by atoms with van der Waals surface area (Å²) in [7, 11) is -4.34. The number of hydrogen-bond acceptors (Lipinski definition) is 4. The zero-order valence-electron chi connectivity index (χ0n) is 30.2. The third kappa shape index (κ3) is 34.2. The molecule has 0 saturated carbocycles. The van der Waals surface area contributed by atoms with Crippen LogP contribution >= 0.6 is 0 Å². The minimum atomic E-state index is -4.34. The highest BCUT2D eigenvalue weighted by Crippen LogP contribution is 2.14. The molecular formula is C39H75NO5S. The van der Waals surface area contributed by atoms with Crippen LogP contribution in [0.4, 0.5) is 0 Å². The number of unbranched alkanes of at least 4 members (excludes halogenated alkanes) is 25. The van der Waals surface area contributed by atoms with Crippen molar-refractivity contribution < 1.29 is 22.9 Å². The van der Waals surface area contributed by atoms with Gasteiger partial charge < -0.3 is 10.4 Å². The maximum absolute atomic E-state index is 12.4. The molecule has 46 heavy (non-hydrogen) atoms. The maximum atomic E-state index is 12.4. The Hall–Kier alpha value is -1.18. The van der Waals surface area contributed by atoms with Gasteiger partial charge in [-0.2, -0.15) is 8.42 Å². The number of allylic oxidation sites excluding steroid dienone is 3. The smallest absolute Gasteiger partial charge is 0.267 e. The average molecular weight is 670 g/mol. The molecule has 0 saturated heterocycles. The largest absolute Gasteiger partial charge is 0.387 e. The van der Waals surface area contributed by atoms with Crippen LogP contribution in [0.15, 0.2) is 24.3 Å².